The zero-order chi connectivity index (χ0) is 15.7. The summed E-state index contributed by atoms with van der Waals surface area (Å²) in [5.74, 6) is 0.478. The van der Waals surface area contributed by atoms with Crippen molar-refractivity contribution in [1.82, 2.24) is 19.9 Å². The van der Waals surface area contributed by atoms with Crippen LogP contribution in [0.2, 0.25) is 5.02 Å². The van der Waals surface area contributed by atoms with Gasteiger partial charge in [-0.3, -0.25) is 4.98 Å². The number of nitrogens with two attached hydrogens (primary N) is 1. The van der Waals surface area contributed by atoms with Crippen molar-refractivity contribution in [2.24, 2.45) is 0 Å². The number of H-pyrrole nitrogens is 1. The van der Waals surface area contributed by atoms with Gasteiger partial charge in [0.25, 0.3) is 0 Å². The number of anilines is 1. The summed E-state index contributed by atoms with van der Waals surface area (Å²) in [5.41, 5.74) is 7.67. The quantitative estimate of drug-likeness (QED) is 0.417. The number of pyridine rings is 1. The van der Waals surface area contributed by atoms with Gasteiger partial charge in [-0.15, -0.1) is 11.8 Å². The monoisotopic (exact) mass is 351 g/mol. The van der Waals surface area contributed by atoms with Crippen LogP contribution in [0.4, 0.5) is 5.82 Å². The van der Waals surface area contributed by atoms with E-state index in [-0.39, 0.29) is 5.25 Å². The zero-order valence-electron chi connectivity index (χ0n) is 12.0. The minimum Gasteiger partial charge on any atom is -0.384 e. The highest BCUT2D eigenvalue weighted by molar-refractivity contribution is 7.99. The van der Waals surface area contributed by atoms with Crippen molar-refractivity contribution in [2.75, 3.05) is 12.0 Å². The molecule has 0 saturated heterocycles. The number of aromatic amines is 1. The molecule has 22 heavy (non-hydrogen) atoms. The Morgan fingerprint density at radius 3 is 2.91 bits per heavy atom. The number of fused-ring (bicyclic) bond motifs is 1. The number of halogens is 1. The molecule has 0 saturated carbocycles. The minimum absolute atomic E-state index is 0.0897. The molecule has 1 atom stereocenters. The molecule has 0 spiro atoms. The molecule has 1 unspecified atom stereocenters. The molecule has 0 aliphatic carbocycles. The summed E-state index contributed by atoms with van der Waals surface area (Å²) < 4.78 is 0. The standard InChI is InChI=1S/C14H14ClN5S2/c1-7(22-14-19-12(16)4-13(20-14)21-2)10-3-8-9(15)5-17-11(8)6-18-10/h3-7,17H,1-2H3,(H2,16,19,20). The van der Waals surface area contributed by atoms with Gasteiger partial charge in [-0.1, -0.05) is 23.4 Å². The van der Waals surface area contributed by atoms with Gasteiger partial charge in [-0.2, -0.15) is 0 Å². The highest BCUT2D eigenvalue weighted by Gasteiger charge is 2.14. The van der Waals surface area contributed by atoms with Crippen molar-refractivity contribution < 1.29 is 0 Å². The topological polar surface area (TPSA) is 80.5 Å². The third-order valence-corrected chi connectivity index (χ3v) is 5.08. The van der Waals surface area contributed by atoms with Crippen LogP contribution in [0.5, 0.6) is 0 Å². The number of rotatable bonds is 4. The summed E-state index contributed by atoms with van der Waals surface area (Å²) in [6.07, 6.45) is 5.52. The summed E-state index contributed by atoms with van der Waals surface area (Å²) in [5, 5.41) is 3.27. The van der Waals surface area contributed by atoms with E-state index in [1.807, 2.05) is 12.3 Å². The van der Waals surface area contributed by atoms with Gasteiger partial charge in [0.1, 0.15) is 10.8 Å². The Morgan fingerprint density at radius 2 is 2.14 bits per heavy atom. The smallest absolute Gasteiger partial charge is 0.191 e. The second kappa shape index (κ2) is 6.36. The van der Waals surface area contributed by atoms with Crippen LogP contribution in [0.1, 0.15) is 17.9 Å². The average molecular weight is 352 g/mol. The van der Waals surface area contributed by atoms with E-state index >= 15 is 0 Å². The Labute approximate surface area is 141 Å². The summed E-state index contributed by atoms with van der Waals surface area (Å²) in [6, 6.07) is 3.76. The molecular formula is C14H14ClN5S2. The lowest BCUT2D eigenvalue weighted by atomic mass is 10.2. The predicted octanol–water partition coefficient (Wildman–Crippen LogP) is 4.16. The zero-order valence-corrected chi connectivity index (χ0v) is 14.4. The third kappa shape index (κ3) is 3.16. The fraction of sp³-hybridized carbons (Fsp3) is 0.214. The molecule has 8 heteroatoms. The first-order chi connectivity index (χ1) is 10.6. The highest BCUT2D eigenvalue weighted by atomic mass is 35.5. The van der Waals surface area contributed by atoms with Gasteiger partial charge in [0.15, 0.2) is 5.16 Å². The molecule has 0 radical (unpaired) electrons. The van der Waals surface area contributed by atoms with Crippen LogP contribution in [0.3, 0.4) is 0 Å². The lowest BCUT2D eigenvalue weighted by Crippen LogP contribution is -1.99. The number of thioether (sulfide) groups is 2. The Morgan fingerprint density at radius 1 is 1.32 bits per heavy atom. The average Bonchev–Trinajstić information content (AvgIpc) is 2.87. The maximum absolute atomic E-state index is 6.16. The van der Waals surface area contributed by atoms with Gasteiger partial charge in [0, 0.05) is 17.6 Å². The van der Waals surface area contributed by atoms with E-state index in [0.717, 1.165) is 21.6 Å². The third-order valence-electron chi connectivity index (χ3n) is 3.15. The number of aromatic nitrogens is 4. The van der Waals surface area contributed by atoms with Crippen LogP contribution in [0, 0.1) is 0 Å². The Hall–Kier alpha value is -1.44. The van der Waals surface area contributed by atoms with Crippen molar-refractivity contribution >= 4 is 51.8 Å². The second-order valence-electron chi connectivity index (χ2n) is 4.67. The molecule has 3 N–H and O–H groups in total. The van der Waals surface area contributed by atoms with Gasteiger partial charge < -0.3 is 10.7 Å². The van der Waals surface area contributed by atoms with Crippen LogP contribution in [-0.4, -0.2) is 26.2 Å². The first-order valence-electron chi connectivity index (χ1n) is 6.54. The molecule has 0 bridgehead atoms. The molecule has 0 aromatic carbocycles. The van der Waals surface area contributed by atoms with Gasteiger partial charge >= 0.3 is 0 Å². The predicted molar refractivity (Wildman–Crippen MR) is 93.6 cm³/mol. The van der Waals surface area contributed by atoms with Gasteiger partial charge in [0.05, 0.1) is 27.7 Å². The maximum Gasteiger partial charge on any atom is 0.191 e. The van der Waals surface area contributed by atoms with Crippen molar-refractivity contribution in [2.45, 2.75) is 22.4 Å². The SMILES string of the molecule is CSc1cc(N)nc(SC(C)c2cc3c(Cl)c[nH]c3cn2)n1. The maximum atomic E-state index is 6.16. The van der Waals surface area contributed by atoms with E-state index in [2.05, 4.69) is 26.9 Å². The highest BCUT2D eigenvalue weighted by Crippen LogP contribution is 2.34. The van der Waals surface area contributed by atoms with Gasteiger partial charge in [-0.25, -0.2) is 9.97 Å². The first-order valence-corrected chi connectivity index (χ1v) is 9.03. The summed E-state index contributed by atoms with van der Waals surface area (Å²) >= 11 is 9.23. The molecule has 3 heterocycles. The first kappa shape index (κ1) is 15.5. The van der Waals surface area contributed by atoms with Gasteiger partial charge in [0.2, 0.25) is 0 Å². The number of hydrogen-bond acceptors (Lipinski definition) is 6. The molecule has 3 aromatic rings. The number of nitrogens with one attached hydrogen (secondary N) is 1. The second-order valence-corrected chi connectivity index (χ2v) is 7.21. The molecule has 0 aliphatic heterocycles. The Kier molecular flexibility index (Phi) is 4.46. The van der Waals surface area contributed by atoms with E-state index in [4.69, 9.17) is 17.3 Å². The van der Waals surface area contributed by atoms with Crippen LogP contribution in [0.15, 0.2) is 34.7 Å². The number of nitrogens with zero attached hydrogens (tertiary/aromatic N) is 3. The van der Waals surface area contributed by atoms with Crippen LogP contribution in [0.25, 0.3) is 10.9 Å². The molecular weight excluding hydrogens is 338 g/mol. The van der Waals surface area contributed by atoms with Gasteiger partial charge in [-0.05, 0) is 19.2 Å². The normalized spacial score (nSPS) is 12.7. The van der Waals surface area contributed by atoms with Crippen molar-refractivity contribution in [1.29, 1.82) is 0 Å². The molecule has 114 valence electrons. The Bertz CT molecular complexity index is 820. The van der Waals surface area contributed by atoms with Crippen molar-refractivity contribution in [3.8, 4) is 0 Å². The van der Waals surface area contributed by atoms with E-state index in [1.54, 1.807) is 30.2 Å². The summed E-state index contributed by atoms with van der Waals surface area (Å²) in [7, 11) is 0. The van der Waals surface area contributed by atoms with E-state index in [9.17, 15) is 0 Å². The summed E-state index contributed by atoms with van der Waals surface area (Å²) in [6.45, 7) is 2.06. The van der Waals surface area contributed by atoms with Crippen molar-refractivity contribution in [3.63, 3.8) is 0 Å². The molecule has 0 fully saturated rings. The summed E-state index contributed by atoms with van der Waals surface area (Å²) in [4.78, 5) is 16.3. The van der Waals surface area contributed by atoms with Crippen LogP contribution >= 0.6 is 35.1 Å². The van der Waals surface area contributed by atoms with Crippen molar-refractivity contribution in [3.05, 3.63) is 35.2 Å². The molecule has 0 amide bonds. The van der Waals surface area contributed by atoms with E-state index in [1.165, 1.54) is 11.8 Å². The lowest BCUT2D eigenvalue weighted by Gasteiger charge is -2.10. The molecule has 0 aliphatic rings. The lowest BCUT2D eigenvalue weighted by molar-refractivity contribution is 0.888. The van der Waals surface area contributed by atoms with E-state index in [0.29, 0.717) is 16.0 Å². The van der Waals surface area contributed by atoms with Crippen LogP contribution < -0.4 is 5.73 Å². The number of hydrogen-bond donors (Lipinski definition) is 2. The van der Waals surface area contributed by atoms with Crippen LogP contribution in [-0.2, 0) is 0 Å². The minimum atomic E-state index is 0.0897. The molecule has 3 rings (SSSR count). The fourth-order valence-electron chi connectivity index (χ4n) is 2.02. The number of nitrogen functional groups attached to an aromatic ring is 1. The fourth-order valence-corrected chi connectivity index (χ4v) is 3.58. The molecule has 3 aromatic heterocycles. The largest absolute Gasteiger partial charge is 0.384 e. The molecule has 5 nitrogen and oxygen atoms in total. The Balaban J connectivity index is 1.87. The van der Waals surface area contributed by atoms with E-state index < -0.39 is 0 Å².